The molecule has 0 aliphatic heterocycles. The largest absolute Gasteiger partial charge is 0.145 e. The quantitative estimate of drug-likeness (QED) is 0.126. The summed E-state index contributed by atoms with van der Waals surface area (Å²) in [6.45, 7) is 0. The molecule has 0 fully saturated rings. The van der Waals surface area contributed by atoms with Crippen LogP contribution in [-0.4, -0.2) is 0 Å². The third-order valence-electron chi connectivity index (χ3n) is 6.26. The van der Waals surface area contributed by atoms with Gasteiger partial charge < -0.3 is 0 Å². The molecule has 6 rings (SSSR count). The molecule has 0 aliphatic rings. The Labute approximate surface area is 251 Å². The molecular weight excluding hydrogens is 660 g/mol. The smallest absolute Gasteiger partial charge is 0.0635 e. The van der Waals surface area contributed by atoms with E-state index in [-0.39, 0.29) is 11.6 Å². The molecule has 208 valence electrons. The van der Waals surface area contributed by atoms with Crippen molar-refractivity contribution in [1.29, 1.82) is 0 Å². The van der Waals surface area contributed by atoms with Crippen molar-refractivity contribution >= 4 is 38.6 Å². The van der Waals surface area contributed by atoms with Gasteiger partial charge >= 0.3 is 50.2 Å². The van der Waals surface area contributed by atoms with Crippen molar-refractivity contribution in [2.75, 3.05) is 0 Å². The van der Waals surface area contributed by atoms with Gasteiger partial charge in [-0.25, -0.2) is 0 Å². The fraction of sp³-hybridized carbons (Fsp3) is 0.0625. The van der Waals surface area contributed by atoms with E-state index >= 15 is 0 Å². The molecule has 0 bridgehead atoms. The van der Waals surface area contributed by atoms with Crippen LogP contribution in [0.15, 0.2) is 121 Å². The first-order valence-electron chi connectivity index (χ1n) is 12.1. The molecule has 0 atom stereocenters. The third-order valence-corrected chi connectivity index (χ3v) is 6.26. The van der Waals surface area contributed by atoms with Crippen LogP contribution in [0.25, 0.3) is 43.8 Å². The van der Waals surface area contributed by atoms with Gasteiger partial charge in [0.1, 0.15) is 0 Å². The van der Waals surface area contributed by atoms with E-state index in [2.05, 4.69) is 60.7 Å². The van der Waals surface area contributed by atoms with Crippen molar-refractivity contribution in [3.05, 3.63) is 132 Å². The molecule has 6 aromatic rings. The summed E-state index contributed by atoms with van der Waals surface area (Å²) in [6, 6.07) is 35.2. The second-order valence-corrected chi connectivity index (χ2v) is 12.7. The first kappa shape index (κ1) is 31.1. The molecule has 6 aromatic carbocycles. The zero-order valence-corrected chi connectivity index (χ0v) is 25.0. The summed E-state index contributed by atoms with van der Waals surface area (Å²) in [5.41, 5.74) is 0.178. The SMILES string of the molecule is FC(F)(F)c1cc(-c2cc3ccccc3[cH-]2)cc(C(F)(F)F)c1.[Cl][Zr+2][Cl].c1ccc(-c2cc3ccccc3[cH-]2)cc1. The third kappa shape index (κ3) is 8.12. The van der Waals surface area contributed by atoms with Crippen molar-refractivity contribution in [2.45, 2.75) is 12.4 Å². The molecule has 0 aromatic heterocycles. The summed E-state index contributed by atoms with van der Waals surface area (Å²) in [7, 11) is 9.87. The zero-order chi connectivity index (χ0) is 29.6. The van der Waals surface area contributed by atoms with Crippen LogP contribution in [0.1, 0.15) is 11.1 Å². The maximum absolute atomic E-state index is 12.9. The van der Waals surface area contributed by atoms with Crippen molar-refractivity contribution in [2.24, 2.45) is 0 Å². The van der Waals surface area contributed by atoms with Gasteiger partial charge in [0.05, 0.1) is 0 Å². The summed E-state index contributed by atoms with van der Waals surface area (Å²) in [5.74, 6) is 0. The molecule has 0 nitrogen and oxygen atoms in total. The average Bonchev–Trinajstić information content (AvgIpc) is 3.58. The van der Waals surface area contributed by atoms with E-state index in [1.54, 1.807) is 36.4 Å². The summed E-state index contributed by atoms with van der Waals surface area (Å²) < 4.78 is 77.3. The number of hydrogen-bond donors (Lipinski definition) is 0. The number of benzene rings is 4. The van der Waals surface area contributed by atoms with E-state index in [0.717, 1.165) is 22.9 Å². The zero-order valence-electron chi connectivity index (χ0n) is 21.1. The van der Waals surface area contributed by atoms with Crippen molar-refractivity contribution in [1.82, 2.24) is 0 Å². The molecule has 0 aliphatic carbocycles. The van der Waals surface area contributed by atoms with Crippen LogP contribution in [0.5, 0.6) is 0 Å². The van der Waals surface area contributed by atoms with Crippen LogP contribution in [0.4, 0.5) is 26.3 Å². The summed E-state index contributed by atoms with van der Waals surface area (Å²) >= 11 is -0.826. The Morgan fingerprint density at radius 2 is 0.878 bits per heavy atom. The van der Waals surface area contributed by atoms with Crippen LogP contribution in [-0.2, 0) is 33.2 Å². The average molecular weight is 681 g/mol. The Balaban J connectivity index is 0.000000184. The molecule has 0 spiro atoms. The Morgan fingerprint density at radius 3 is 1.29 bits per heavy atom. The Kier molecular flexibility index (Phi) is 10.2. The molecule has 0 unspecified atom stereocenters. The molecule has 9 heteroatoms. The van der Waals surface area contributed by atoms with Crippen LogP contribution in [0.3, 0.4) is 0 Å². The van der Waals surface area contributed by atoms with E-state index in [1.165, 1.54) is 21.9 Å². The molecule has 41 heavy (non-hydrogen) atoms. The maximum atomic E-state index is 12.9. The Morgan fingerprint density at radius 1 is 0.488 bits per heavy atom. The van der Waals surface area contributed by atoms with Crippen LogP contribution >= 0.6 is 17.0 Å². The summed E-state index contributed by atoms with van der Waals surface area (Å²) in [4.78, 5) is 0. The predicted molar refractivity (Wildman–Crippen MR) is 152 cm³/mol. The number of hydrogen-bond acceptors (Lipinski definition) is 0. The van der Waals surface area contributed by atoms with Gasteiger partial charge in [-0.1, -0.05) is 90.0 Å². The fourth-order valence-electron chi connectivity index (χ4n) is 4.39. The topological polar surface area (TPSA) is 0 Å². The van der Waals surface area contributed by atoms with Gasteiger partial charge in [-0.3, -0.25) is 0 Å². The van der Waals surface area contributed by atoms with Gasteiger partial charge in [0.15, 0.2) is 0 Å². The van der Waals surface area contributed by atoms with Crippen molar-refractivity contribution in [3.63, 3.8) is 0 Å². The minimum Gasteiger partial charge on any atom is -0.145 e. The van der Waals surface area contributed by atoms with Crippen molar-refractivity contribution in [3.8, 4) is 22.3 Å². The van der Waals surface area contributed by atoms with E-state index in [0.29, 0.717) is 5.56 Å². The van der Waals surface area contributed by atoms with Gasteiger partial charge in [-0.15, -0.1) is 69.1 Å². The van der Waals surface area contributed by atoms with E-state index in [9.17, 15) is 26.3 Å². The molecule has 0 radical (unpaired) electrons. The van der Waals surface area contributed by atoms with E-state index in [1.807, 2.05) is 6.07 Å². The summed E-state index contributed by atoms with van der Waals surface area (Å²) in [6.07, 6.45) is -9.69. The van der Waals surface area contributed by atoms with Crippen molar-refractivity contribution < 1.29 is 47.2 Å². The number of fused-ring (bicyclic) bond motifs is 2. The van der Waals surface area contributed by atoms with Gasteiger partial charge in [0.25, 0.3) is 0 Å². The second kappa shape index (κ2) is 13.4. The molecule has 0 saturated heterocycles. The minimum atomic E-state index is -4.85. The standard InChI is InChI=1S/C17H9F6.C15H11.2ClH.Zr/c18-16(19,20)14-7-13(8-15(9-14)17(21,22)23)12-5-10-3-1-2-4-11(10)6-12;1-2-6-12(7-3-1)15-10-13-8-4-5-9-14(13)11-15;;;/h1-9H;1-11H;2*1H;/q2*-1;;;+4/p-2. The van der Waals surface area contributed by atoms with Gasteiger partial charge in [0, 0.05) is 11.1 Å². The maximum Gasteiger partial charge on any atom is -0.0635 e. The van der Waals surface area contributed by atoms with Crippen LogP contribution in [0, 0.1) is 0 Å². The normalized spacial score (nSPS) is 11.3. The number of rotatable bonds is 2. The molecule has 0 heterocycles. The number of halogens is 8. The molecule has 0 amide bonds. The minimum absolute atomic E-state index is 0.108. The van der Waals surface area contributed by atoms with Crippen LogP contribution in [0.2, 0.25) is 0 Å². The van der Waals surface area contributed by atoms with Crippen LogP contribution < -0.4 is 0 Å². The van der Waals surface area contributed by atoms with Gasteiger partial charge in [-0.2, -0.15) is 26.3 Å². The molecule has 0 saturated carbocycles. The predicted octanol–water partition coefficient (Wildman–Crippen LogP) is 11.9. The first-order valence-corrected chi connectivity index (χ1v) is 18.4. The summed E-state index contributed by atoms with van der Waals surface area (Å²) in [5, 5.41) is 4.15. The molecular formula is C32H20Cl2F6Zr. The monoisotopic (exact) mass is 678 g/mol. The van der Waals surface area contributed by atoms with Gasteiger partial charge in [-0.05, 0) is 6.07 Å². The Bertz CT molecular complexity index is 1620. The first-order chi connectivity index (χ1) is 19.5. The van der Waals surface area contributed by atoms with Gasteiger partial charge in [0.2, 0.25) is 0 Å². The number of alkyl halides is 6. The fourth-order valence-corrected chi connectivity index (χ4v) is 4.39. The Hall–Kier alpha value is -2.86. The van der Waals surface area contributed by atoms with E-state index in [4.69, 9.17) is 17.0 Å². The molecule has 0 N–H and O–H groups in total. The second-order valence-electron chi connectivity index (χ2n) is 8.98. The van der Waals surface area contributed by atoms with E-state index < -0.39 is 44.3 Å².